The van der Waals surface area contributed by atoms with Crippen molar-refractivity contribution in [1.29, 1.82) is 0 Å². The first-order valence-corrected chi connectivity index (χ1v) is 11.7. The summed E-state index contributed by atoms with van der Waals surface area (Å²) in [5.41, 5.74) is 1.37. The number of nitrogens with zero attached hydrogens (tertiary/aromatic N) is 1. The Hall–Kier alpha value is -3.10. The van der Waals surface area contributed by atoms with Gasteiger partial charge in [-0.25, -0.2) is 0 Å². The average Bonchev–Trinajstić information content (AvgIpc) is 2.80. The molecule has 2 heterocycles. The number of rotatable bonds is 4. The van der Waals surface area contributed by atoms with Gasteiger partial charge in [0.05, 0.1) is 13.2 Å². The van der Waals surface area contributed by atoms with E-state index in [9.17, 15) is 4.79 Å². The summed E-state index contributed by atoms with van der Waals surface area (Å²) in [6.07, 6.45) is 0. The van der Waals surface area contributed by atoms with Crippen molar-refractivity contribution >= 4 is 50.5 Å². The fraction of sp³-hybridized carbons (Fsp3) is 0.200. The second kappa shape index (κ2) is 8.35. The van der Waals surface area contributed by atoms with Crippen molar-refractivity contribution in [1.82, 2.24) is 5.32 Å². The van der Waals surface area contributed by atoms with Crippen molar-refractivity contribution < 1.29 is 14.3 Å². The number of halogens is 1. The van der Waals surface area contributed by atoms with E-state index in [4.69, 9.17) is 21.7 Å². The standard InChI is InChI=1S/C25H22BrN3O3S/c1-25-21(23(30)27-16-9-13-18(31-2)14-10-16)22(19-5-3-4-6-20(19)32-25)28-24(33)29(25)17-11-7-15(26)8-12-17/h3-14,21-22H,1-2H3,(H,27,30)(H,28,33)/t21-,22+,25-/m0/s1. The van der Waals surface area contributed by atoms with Crippen molar-refractivity contribution in [2.24, 2.45) is 5.92 Å². The van der Waals surface area contributed by atoms with Crippen molar-refractivity contribution in [2.75, 3.05) is 17.3 Å². The molecule has 2 N–H and O–H groups in total. The van der Waals surface area contributed by atoms with E-state index in [0.29, 0.717) is 10.8 Å². The number of hydrogen-bond donors (Lipinski definition) is 2. The number of methoxy groups -OCH3 is 1. The number of hydrogen-bond acceptors (Lipinski definition) is 4. The molecule has 0 saturated carbocycles. The van der Waals surface area contributed by atoms with Crippen molar-refractivity contribution in [3.63, 3.8) is 0 Å². The summed E-state index contributed by atoms with van der Waals surface area (Å²) in [6, 6.07) is 22.5. The molecule has 1 amide bonds. The van der Waals surface area contributed by atoms with Gasteiger partial charge in [-0.15, -0.1) is 0 Å². The molecule has 8 heteroatoms. The van der Waals surface area contributed by atoms with Crippen LogP contribution in [0.25, 0.3) is 0 Å². The molecule has 1 fully saturated rings. The molecule has 168 valence electrons. The Labute approximate surface area is 206 Å². The van der Waals surface area contributed by atoms with Crippen LogP contribution in [0.2, 0.25) is 0 Å². The lowest BCUT2D eigenvalue weighted by Gasteiger charge is -2.56. The van der Waals surface area contributed by atoms with Crippen LogP contribution in [0.4, 0.5) is 11.4 Å². The molecule has 3 atom stereocenters. The molecule has 0 aromatic heterocycles. The van der Waals surface area contributed by atoms with Gasteiger partial charge in [-0.3, -0.25) is 9.69 Å². The molecule has 3 aromatic rings. The summed E-state index contributed by atoms with van der Waals surface area (Å²) in [7, 11) is 1.61. The van der Waals surface area contributed by atoms with Crippen LogP contribution in [-0.2, 0) is 4.79 Å². The van der Waals surface area contributed by atoms with Gasteiger partial charge in [-0.05, 0) is 73.7 Å². The third-order valence-corrected chi connectivity index (χ3v) is 6.96. The van der Waals surface area contributed by atoms with Gasteiger partial charge in [0.15, 0.2) is 10.8 Å². The Morgan fingerprint density at radius 1 is 1.12 bits per heavy atom. The van der Waals surface area contributed by atoms with Crippen LogP contribution in [0.1, 0.15) is 18.5 Å². The fourth-order valence-corrected chi connectivity index (χ4v) is 5.28. The van der Waals surface area contributed by atoms with Gasteiger partial charge in [-0.1, -0.05) is 34.1 Å². The molecule has 2 aliphatic rings. The fourth-order valence-electron chi connectivity index (χ4n) is 4.60. The number of carbonyl (C=O) groups is 1. The maximum Gasteiger partial charge on any atom is 0.236 e. The quantitative estimate of drug-likeness (QED) is 0.455. The van der Waals surface area contributed by atoms with Crippen LogP contribution in [0, 0.1) is 5.92 Å². The molecule has 1 saturated heterocycles. The first-order valence-electron chi connectivity index (χ1n) is 10.5. The van der Waals surface area contributed by atoms with Gasteiger partial charge >= 0.3 is 0 Å². The van der Waals surface area contributed by atoms with E-state index in [1.165, 1.54) is 0 Å². The van der Waals surface area contributed by atoms with Crippen LogP contribution in [-0.4, -0.2) is 23.9 Å². The monoisotopic (exact) mass is 523 g/mol. The number of nitrogens with one attached hydrogen (secondary N) is 2. The second-order valence-electron chi connectivity index (χ2n) is 8.13. The molecule has 33 heavy (non-hydrogen) atoms. The third kappa shape index (κ3) is 3.73. The van der Waals surface area contributed by atoms with Crippen LogP contribution in [0.3, 0.4) is 0 Å². The van der Waals surface area contributed by atoms with E-state index in [2.05, 4.69) is 26.6 Å². The minimum Gasteiger partial charge on any atom is -0.497 e. The SMILES string of the molecule is COc1ccc(NC(=O)[C@@H]2[C@@H]3NC(=S)N(c4ccc(Br)cc4)[C@@]2(C)Oc2ccccc23)cc1. The number of ether oxygens (including phenoxy) is 2. The molecule has 0 unspecified atom stereocenters. The molecule has 0 radical (unpaired) electrons. The first kappa shape index (κ1) is 21.7. The maximum atomic E-state index is 13.7. The van der Waals surface area contributed by atoms with Crippen molar-refractivity contribution in [3.8, 4) is 11.5 Å². The van der Waals surface area contributed by atoms with Crippen molar-refractivity contribution in [2.45, 2.75) is 18.7 Å². The molecule has 2 bridgehead atoms. The highest BCUT2D eigenvalue weighted by atomic mass is 79.9. The summed E-state index contributed by atoms with van der Waals surface area (Å²) < 4.78 is 12.7. The largest absolute Gasteiger partial charge is 0.497 e. The van der Waals surface area contributed by atoms with E-state index in [0.717, 1.165) is 27.2 Å². The second-order valence-corrected chi connectivity index (χ2v) is 9.43. The summed E-state index contributed by atoms with van der Waals surface area (Å²) in [4.78, 5) is 15.6. The lowest BCUT2D eigenvalue weighted by molar-refractivity contribution is -0.130. The van der Waals surface area contributed by atoms with E-state index in [1.807, 2.05) is 84.6 Å². The predicted molar refractivity (Wildman–Crippen MR) is 136 cm³/mol. The summed E-state index contributed by atoms with van der Waals surface area (Å²) in [5, 5.41) is 6.97. The first-order chi connectivity index (χ1) is 15.9. The zero-order valence-electron chi connectivity index (χ0n) is 18.0. The molecular weight excluding hydrogens is 502 g/mol. The highest BCUT2D eigenvalue weighted by Crippen LogP contribution is 2.49. The molecule has 0 spiro atoms. The van der Waals surface area contributed by atoms with E-state index in [1.54, 1.807) is 7.11 Å². The smallest absolute Gasteiger partial charge is 0.236 e. The lowest BCUT2D eigenvalue weighted by Crippen LogP contribution is -2.72. The number of thiocarbonyl (C=S) groups is 1. The number of amides is 1. The van der Waals surface area contributed by atoms with Crippen LogP contribution in [0.15, 0.2) is 77.3 Å². The lowest BCUT2D eigenvalue weighted by atomic mass is 9.78. The highest BCUT2D eigenvalue weighted by Gasteiger charge is 2.59. The topological polar surface area (TPSA) is 62.8 Å². The Morgan fingerprint density at radius 3 is 2.52 bits per heavy atom. The Kier molecular flexibility index (Phi) is 5.50. The Balaban J connectivity index is 1.58. The van der Waals surface area contributed by atoms with E-state index < -0.39 is 11.6 Å². The van der Waals surface area contributed by atoms with Crippen LogP contribution >= 0.6 is 28.1 Å². The van der Waals surface area contributed by atoms with Gasteiger partial charge in [0.1, 0.15) is 17.4 Å². The highest BCUT2D eigenvalue weighted by molar-refractivity contribution is 9.10. The molecule has 5 rings (SSSR count). The molecule has 3 aromatic carbocycles. The molecule has 6 nitrogen and oxygen atoms in total. The van der Waals surface area contributed by atoms with E-state index >= 15 is 0 Å². The number of benzene rings is 3. The normalized spacial score (nSPS) is 23.1. The zero-order chi connectivity index (χ0) is 23.2. The Morgan fingerprint density at radius 2 is 1.82 bits per heavy atom. The third-order valence-electron chi connectivity index (χ3n) is 6.13. The number of fused-ring (bicyclic) bond motifs is 4. The van der Waals surface area contributed by atoms with Gasteiger partial charge in [-0.2, -0.15) is 0 Å². The minimum absolute atomic E-state index is 0.167. The average molecular weight is 524 g/mol. The van der Waals surface area contributed by atoms with Crippen LogP contribution < -0.4 is 25.0 Å². The number of anilines is 2. The van der Waals surface area contributed by atoms with Crippen molar-refractivity contribution in [3.05, 3.63) is 82.8 Å². The van der Waals surface area contributed by atoms with Gasteiger partial charge in [0.2, 0.25) is 5.91 Å². The minimum atomic E-state index is -1.05. The maximum absolute atomic E-state index is 13.7. The number of para-hydroxylation sites is 1. The summed E-state index contributed by atoms with van der Waals surface area (Å²) in [5.74, 6) is 0.694. The molecular formula is C25H22BrN3O3S. The van der Waals surface area contributed by atoms with Crippen LogP contribution in [0.5, 0.6) is 11.5 Å². The predicted octanol–water partition coefficient (Wildman–Crippen LogP) is 5.26. The summed E-state index contributed by atoms with van der Waals surface area (Å²) in [6.45, 7) is 1.92. The molecule has 2 aliphatic heterocycles. The molecule has 0 aliphatic carbocycles. The van der Waals surface area contributed by atoms with Gasteiger partial charge < -0.3 is 20.1 Å². The zero-order valence-corrected chi connectivity index (χ0v) is 20.4. The van der Waals surface area contributed by atoms with Gasteiger partial charge in [0, 0.05) is 21.4 Å². The van der Waals surface area contributed by atoms with E-state index in [-0.39, 0.29) is 11.9 Å². The Bertz CT molecular complexity index is 1220. The summed E-state index contributed by atoms with van der Waals surface area (Å²) >= 11 is 9.26. The van der Waals surface area contributed by atoms with Gasteiger partial charge in [0.25, 0.3) is 0 Å². The number of carbonyl (C=O) groups excluding carboxylic acids is 1.